The molecule has 0 aromatic heterocycles. The maximum atomic E-state index is 8.53. The molecule has 0 aromatic rings. The molecule has 1 N–H and O–H groups in total. The van der Waals surface area contributed by atoms with Crippen molar-refractivity contribution in [3.63, 3.8) is 0 Å². The van der Waals surface area contributed by atoms with Crippen LogP contribution in [0.4, 0.5) is 0 Å². The standard InChI is InChI=1S/C13H18N2/c1-5-8-13(15-11(3)4)12(6-2)9-7-10-14/h5,8-9,15H,1,3,6-7H2,2,4H3/b12-9-,13-8+. The Hall–Kier alpha value is -1.75. The van der Waals surface area contributed by atoms with E-state index in [-0.39, 0.29) is 0 Å². The Labute approximate surface area is 92.3 Å². The van der Waals surface area contributed by atoms with Crippen LogP contribution in [0.25, 0.3) is 0 Å². The molecule has 0 heterocycles. The summed E-state index contributed by atoms with van der Waals surface area (Å²) in [6.45, 7) is 11.4. The summed E-state index contributed by atoms with van der Waals surface area (Å²) < 4.78 is 0. The summed E-state index contributed by atoms with van der Waals surface area (Å²) in [6.07, 6.45) is 6.84. The monoisotopic (exact) mass is 202 g/mol. The van der Waals surface area contributed by atoms with Crippen LogP contribution in [0, 0.1) is 11.3 Å². The van der Waals surface area contributed by atoms with E-state index < -0.39 is 0 Å². The second-order valence-electron chi connectivity index (χ2n) is 3.17. The maximum absolute atomic E-state index is 8.53. The molecule has 0 atom stereocenters. The summed E-state index contributed by atoms with van der Waals surface area (Å²) in [7, 11) is 0. The van der Waals surface area contributed by atoms with Crippen LogP contribution >= 0.6 is 0 Å². The van der Waals surface area contributed by atoms with E-state index in [1.165, 1.54) is 0 Å². The van der Waals surface area contributed by atoms with Gasteiger partial charge in [-0.1, -0.05) is 32.2 Å². The molecular weight excluding hydrogens is 184 g/mol. The first-order valence-corrected chi connectivity index (χ1v) is 4.97. The Morgan fingerprint density at radius 1 is 1.53 bits per heavy atom. The molecule has 0 aliphatic rings. The van der Waals surface area contributed by atoms with Crippen LogP contribution in [0.2, 0.25) is 0 Å². The van der Waals surface area contributed by atoms with Crippen molar-refractivity contribution in [1.29, 1.82) is 5.26 Å². The summed E-state index contributed by atoms with van der Waals surface area (Å²) in [5.74, 6) is 0. The average molecular weight is 202 g/mol. The lowest BCUT2D eigenvalue weighted by Crippen LogP contribution is -2.11. The molecule has 0 saturated heterocycles. The molecule has 0 radical (unpaired) electrons. The molecule has 0 saturated carbocycles. The van der Waals surface area contributed by atoms with Crippen molar-refractivity contribution in [2.24, 2.45) is 0 Å². The zero-order valence-electron chi connectivity index (χ0n) is 9.51. The van der Waals surface area contributed by atoms with Crippen molar-refractivity contribution in [1.82, 2.24) is 5.32 Å². The Bertz CT molecular complexity index is 327. The van der Waals surface area contributed by atoms with Gasteiger partial charge in [0.15, 0.2) is 0 Å². The number of rotatable bonds is 6. The predicted molar refractivity (Wildman–Crippen MR) is 64.8 cm³/mol. The number of allylic oxidation sites excluding steroid dienone is 5. The first-order valence-electron chi connectivity index (χ1n) is 4.97. The number of hydrogen-bond acceptors (Lipinski definition) is 2. The number of nitrogens with one attached hydrogen (secondary N) is 1. The van der Waals surface area contributed by atoms with E-state index >= 15 is 0 Å². The first-order chi connectivity index (χ1) is 7.15. The second kappa shape index (κ2) is 7.64. The lowest BCUT2D eigenvalue weighted by molar-refractivity contribution is 0.939. The summed E-state index contributed by atoms with van der Waals surface area (Å²) in [5.41, 5.74) is 2.95. The molecule has 0 rings (SSSR count). The van der Waals surface area contributed by atoms with E-state index in [2.05, 4.69) is 31.5 Å². The molecule has 0 aromatic carbocycles. The van der Waals surface area contributed by atoms with Gasteiger partial charge in [-0.05, 0) is 25.0 Å². The fraction of sp³-hybridized carbons (Fsp3) is 0.308. The van der Waals surface area contributed by atoms with Gasteiger partial charge in [0.2, 0.25) is 0 Å². The summed E-state index contributed by atoms with van der Waals surface area (Å²) in [6, 6.07) is 2.10. The molecule has 0 fully saturated rings. The minimum absolute atomic E-state index is 0.426. The maximum Gasteiger partial charge on any atom is 0.0663 e. The van der Waals surface area contributed by atoms with Gasteiger partial charge in [-0.2, -0.15) is 5.26 Å². The summed E-state index contributed by atoms with van der Waals surface area (Å²) >= 11 is 0. The minimum Gasteiger partial charge on any atom is -0.360 e. The van der Waals surface area contributed by atoms with Gasteiger partial charge in [-0.15, -0.1) is 0 Å². The van der Waals surface area contributed by atoms with Gasteiger partial charge in [0.25, 0.3) is 0 Å². The molecule has 0 aliphatic carbocycles. The molecule has 2 nitrogen and oxygen atoms in total. The third-order valence-corrected chi connectivity index (χ3v) is 1.80. The Morgan fingerprint density at radius 2 is 2.20 bits per heavy atom. The van der Waals surface area contributed by atoms with Gasteiger partial charge in [0.1, 0.15) is 0 Å². The quantitative estimate of drug-likeness (QED) is 0.670. The highest BCUT2D eigenvalue weighted by molar-refractivity contribution is 5.34. The molecule has 2 heteroatoms. The van der Waals surface area contributed by atoms with Crippen molar-refractivity contribution < 1.29 is 0 Å². The molecule has 15 heavy (non-hydrogen) atoms. The first kappa shape index (κ1) is 13.2. The van der Waals surface area contributed by atoms with Gasteiger partial charge in [0.05, 0.1) is 12.5 Å². The van der Waals surface area contributed by atoms with Gasteiger partial charge >= 0.3 is 0 Å². The molecule has 0 aliphatic heterocycles. The molecular formula is C13H18N2. The van der Waals surface area contributed by atoms with Crippen molar-refractivity contribution in [2.75, 3.05) is 0 Å². The highest BCUT2D eigenvalue weighted by Gasteiger charge is 2.01. The van der Waals surface area contributed by atoms with Gasteiger partial charge < -0.3 is 5.32 Å². The number of nitrogens with zero attached hydrogens (tertiary/aromatic N) is 1. The Morgan fingerprint density at radius 3 is 2.60 bits per heavy atom. The van der Waals surface area contributed by atoms with Gasteiger partial charge in [-0.25, -0.2) is 0 Å². The minimum atomic E-state index is 0.426. The van der Waals surface area contributed by atoms with Crippen LogP contribution in [0.3, 0.4) is 0 Å². The highest BCUT2D eigenvalue weighted by atomic mass is 14.9. The second-order valence-corrected chi connectivity index (χ2v) is 3.17. The van der Waals surface area contributed by atoms with Crippen molar-refractivity contribution in [2.45, 2.75) is 26.7 Å². The third kappa shape index (κ3) is 5.53. The smallest absolute Gasteiger partial charge is 0.0663 e. The van der Waals surface area contributed by atoms with E-state index in [0.29, 0.717) is 6.42 Å². The van der Waals surface area contributed by atoms with E-state index in [1.54, 1.807) is 6.08 Å². The zero-order valence-corrected chi connectivity index (χ0v) is 9.51. The Kier molecular flexibility index (Phi) is 6.74. The average Bonchev–Trinajstić information content (AvgIpc) is 2.18. The molecule has 0 amide bonds. The fourth-order valence-corrected chi connectivity index (χ4v) is 1.19. The third-order valence-electron chi connectivity index (χ3n) is 1.80. The van der Waals surface area contributed by atoms with Crippen LogP contribution < -0.4 is 5.32 Å². The zero-order chi connectivity index (χ0) is 11.7. The van der Waals surface area contributed by atoms with Crippen LogP contribution in [-0.2, 0) is 0 Å². The summed E-state index contributed by atoms with van der Waals surface area (Å²) in [4.78, 5) is 0. The summed E-state index contributed by atoms with van der Waals surface area (Å²) in [5, 5.41) is 11.7. The van der Waals surface area contributed by atoms with E-state index in [1.807, 2.05) is 19.1 Å². The predicted octanol–water partition coefficient (Wildman–Crippen LogP) is 3.43. The molecule has 0 bridgehead atoms. The van der Waals surface area contributed by atoms with E-state index in [4.69, 9.17) is 5.26 Å². The number of nitriles is 1. The van der Waals surface area contributed by atoms with Crippen LogP contribution in [0.15, 0.2) is 48.4 Å². The van der Waals surface area contributed by atoms with Gasteiger partial charge in [0, 0.05) is 11.4 Å². The van der Waals surface area contributed by atoms with E-state index in [0.717, 1.165) is 23.4 Å². The lowest BCUT2D eigenvalue weighted by Gasteiger charge is -2.12. The lowest BCUT2D eigenvalue weighted by atomic mass is 10.1. The SMILES string of the molecule is C=C/C=C(NC(=C)C)\C(=C/CC#N)CC. The topological polar surface area (TPSA) is 35.8 Å². The van der Waals surface area contributed by atoms with Crippen LogP contribution in [0.5, 0.6) is 0 Å². The molecule has 80 valence electrons. The van der Waals surface area contributed by atoms with Crippen molar-refractivity contribution >= 4 is 0 Å². The largest absolute Gasteiger partial charge is 0.360 e. The van der Waals surface area contributed by atoms with E-state index in [9.17, 15) is 0 Å². The molecule has 0 spiro atoms. The highest BCUT2D eigenvalue weighted by Crippen LogP contribution is 2.13. The van der Waals surface area contributed by atoms with Crippen LogP contribution in [-0.4, -0.2) is 0 Å². The normalized spacial score (nSPS) is 11.8. The van der Waals surface area contributed by atoms with Crippen molar-refractivity contribution in [3.8, 4) is 6.07 Å². The van der Waals surface area contributed by atoms with Crippen LogP contribution in [0.1, 0.15) is 26.7 Å². The fourth-order valence-electron chi connectivity index (χ4n) is 1.19. The van der Waals surface area contributed by atoms with Crippen molar-refractivity contribution in [3.05, 3.63) is 48.4 Å². The van der Waals surface area contributed by atoms with Gasteiger partial charge in [-0.3, -0.25) is 0 Å². The number of hydrogen-bond donors (Lipinski definition) is 1. The Balaban J connectivity index is 4.87. The molecule has 0 unspecified atom stereocenters.